The molecule has 0 aromatic carbocycles. The van der Waals surface area contributed by atoms with E-state index in [0.29, 0.717) is 28.5 Å². The Kier molecular flexibility index (Phi) is 8.44. The average Bonchev–Trinajstić information content (AvgIpc) is 3.34. The maximum absolute atomic E-state index is 13.0. The summed E-state index contributed by atoms with van der Waals surface area (Å²) in [6.07, 6.45) is 15.0. The number of aromatic nitrogens is 6. The molecular formula is C27H32N10O2. The van der Waals surface area contributed by atoms with E-state index < -0.39 is 5.91 Å². The van der Waals surface area contributed by atoms with Gasteiger partial charge in [0.2, 0.25) is 5.91 Å². The smallest absolute Gasteiger partial charge is 0.271 e. The normalized spacial score (nSPS) is 18.0. The Hall–Kier alpha value is -4.87. The second-order valence-electron chi connectivity index (χ2n) is 9.22. The number of nitrogens with one attached hydrogen (secondary N) is 2. The van der Waals surface area contributed by atoms with Gasteiger partial charge in [-0.25, -0.2) is 19.9 Å². The van der Waals surface area contributed by atoms with Gasteiger partial charge in [-0.1, -0.05) is 24.8 Å². The Morgan fingerprint density at radius 2 is 1.95 bits per heavy atom. The number of primary amides is 1. The van der Waals surface area contributed by atoms with E-state index in [1.165, 1.54) is 6.20 Å². The maximum Gasteiger partial charge on any atom is 0.271 e. The highest BCUT2D eigenvalue weighted by molar-refractivity contribution is 5.96. The molecule has 39 heavy (non-hydrogen) atoms. The van der Waals surface area contributed by atoms with Crippen LogP contribution in [-0.2, 0) is 11.8 Å². The lowest BCUT2D eigenvalue weighted by Crippen LogP contribution is -2.54. The van der Waals surface area contributed by atoms with Crippen molar-refractivity contribution in [1.29, 1.82) is 0 Å². The van der Waals surface area contributed by atoms with E-state index in [1.54, 1.807) is 67.7 Å². The van der Waals surface area contributed by atoms with Gasteiger partial charge in [0, 0.05) is 55.4 Å². The standard InChI is InChI=1S/C27H32N10O2/c1-5-19(25-29-11-7-12-30-25)10-9-17(2)27(39)34-21-8-6-13-37(18(21)3)22-15-31-23(24(28)38)26(35-22)33-20-14-32-36(4)16-20/h5,7,9-12,14-16,18,21H,1,6,8,13H2,2-4H3,(H2,28,38)(H,33,35)(H,34,39)/b17-9+,19-10+/t18-,21-/m1/s1. The number of carbonyl (C=O) groups excluding carboxylic acids is 2. The third-order valence-electron chi connectivity index (χ3n) is 6.47. The summed E-state index contributed by atoms with van der Waals surface area (Å²) in [5.74, 6) is 0.502. The number of hydrogen-bond donors (Lipinski definition) is 3. The van der Waals surface area contributed by atoms with Crippen LogP contribution in [0.1, 0.15) is 43.0 Å². The van der Waals surface area contributed by atoms with Crippen LogP contribution in [0.5, 0.6) is 0 Å². The number of amides is 2. The van der Waals surface area contributed by atoms with Crippen molar-refractivity contribution in [2.75, 3.05) is 16.8 Å². The zero-order valence-electron chi connectivity index (χ0n) is 22.2. The Morgan fingerprint density at radius 3 is 2.62 bits per heavy atom. The molecule has 0 saturated carbocycles. The number of anilines is 3. The van der Waals surface area contributed by atoms with Gasteiger partial charge >= 0.3 is 0 Å². The lowest BCUT2D eigenvalue weighted by Gasteiger charge is -2.40. The number of allylic oxidation sites excluding steroid dienone is 4. The van der Waals surface area contributed by atoms with Gasteiger partial charge in [0.25, 0.3) is 5.91 Å². The van der Waals surface area contributed by atoms with E-state index in [0.717, 1.165) is 19.4 Å². The molecule has 3 aromatic heterocycles. The van der Waals surface area contributed by atoms with E-state index in [1.807, 2.05) is 6.92 Å². The second-order valence-corrected chi connectivity index (χ2v) is 9.22. The van der Waals surface area contributed by atoms with Gasteiger partial charge in [0.05, 0.1) is 18.1 Å². The van der Waals surface area contributed by atoms with Crippen molar-refractivity contribution in [3.8, 4) is 0 Å². The van der Waals surface area contributed by atoms with Gasteiger partial charge in [-0.2, -0.15) is 5.10 Å². The predicted octanol–water partition coefficient (Wildman–Crippen LogP) is 2.53. The van der Waals surface area contributed by atoms with Crippen LogP contribution in [0.25, 0.3) is 5.57 Å². The molecule has 2 amide bonds. The Balaban J connectivity index is 1.49. The van der Waals surface area contributed by atoms with Crippen LogP contribution in [0.4, 0.5) is 17.3 Å². The van der Waals surface area contributed by atoms with E-state index in [4.69, 9.17) is 5.73 Å². The molecule has 12 nitrogen and oxygen atoms in total. The number of carbonyl (C=O) groups is 2. The molecule has 3 aromatic rings. The summed E-state index contributed by atoms with van der Waals surface area (Å²) >= 11 is 0. The van der Waals surface area contributed by atoms with Crippen molar-refractivity contribution in [1.82, 2.24) is 35.0 Å². The highest BCUT2D eigenvalue weighted by atomic mass is 16.2. The summed E-state index contributed by atoms with van der Waals surface area (Å²) in [5, 5.41) is 10.4. The fraction of sp³-hybridized carbons (Fsp3) is 0.296. The van der Waals surface area contributed by atoms with Gasteiger partial charge < -0.3 is 21.3 Å². The first-order valence-electron chi connectivity index (χ1n) is 12.5. The molecule has 202 valence electrons. The minimum atomic E-state index is -0.688. The van der Waals surface area contributed by atoms with Crippen molar-refractivity contribution < 1.29 is 9.59 Å². The van der Waals surface area contributed by atoms with Gasteiger partial charge in [-0.05, 0) is 32.8 Å². The molecule has 0 spiro atoms. The Labute approximate surface area is 226 Å². The molecular weight excluding hydrogens is 496 g/mol. The molecule has 1 aliphatic heterocycles. The maximum atomic E-state index is 13.0. The highest BCUT2D eigenvalue weighted by Crippen LogP contribution is 2.26. The Bertz CT molecular complexity index is 1410. The fourth-order valence-corrected chi connectivity index (χ4v) is 4.32. The van der Waals surface area contributed by atoms with Crippen molar-refractivity contribution in [2.24, 2.45) is 12.8 Å². The number of aryl methyl sites for hydroxylation is 1. The number of piperidine rings is 1. The molecule has 0 bridgehead atoms. The number of nitrogens with zero attached hydrogens (tertiary/aromatic N) is 7. The lowest BCUT2D eigenvalue weighted by atomic mass is 9.97. The van der Waals surface area contributed by atoms with Crippen LogP contribution in [-0.4, -0.2) is 60.2 Å². The molecule has 1 fully saturated rings. The van der Waals surface area contributed by atoms with Crippen LogP contribution in [0.3, 0.4) is 0 Å². The summed E-state index contributed by atoms with van der Waals surface area (Å²) in [6.45, 7) is 8.33. The summed E-state index contributed by atoms with van der Waals surface area (Å²) in [4.78, 5) is 44.5. The largest absolute Gasteiger partial charge is 0.364 e. The third kappa shape index (κ3) is 6.53. The number of nitrogens with two attached hydrogens (primary N) is 1. The molecule has 12 heteroatoms. The van der Waals surface area contributed by atoms with Gasteiger partial charge in [-0.15, -0.1) is 0 Å². The molecule has 4 heterocycles. The van der Waals surface area contributed by atoms with E-state index in [2.05, 4.69) is 47.1 Å². The summed E-state index contributed by atoms with van der Waals surface area (Å²) in [6, 6.07) is 1.54. The zero-order chi connectivity index (χ0) is 27.9. The number of rotatable bonds is 9. The minimum Gasteiger partial charge on any atom is -0.364 e. The van der Waals surface area contributed by atoms with Crippen LogP contribution in [0.15, 0.2) is 67.4 Å². The van der Waals surface area contributed by atoms with Gasteiger partial charge in [0.15, 0.2) is 17.3 Å². The highest BCUT2D eigenvalue weighted by Gasteiger charge is 2.31. The molecule has 0 radical (unpaired) electrons. The molecule has 2 atom stereocenters. The Morgan fingerprint density at radius 1 is 1.18 bits per heavy atom. The summed E-state index contributed by atoms with van der Waals surface area (Å²) < 4.78 is 1.63. The number of hydrogen-bond acceptors (Lipinski definition) is 9. The third-order valence-corrected chi connectivity index (χ3v) is 6.47. The minimum absolute atomic E-state index is 0.0331. The van der Waals surface area contributed by atoms with Crippen molar-refractivity contribution >= 4 is 34.7 Å². The molecule has 4 rings (SSSR count). The van der Waals surface area contributed by atoms with Crippen LogP contribution < -0.4 is 21.3 Å². The van der Waals surface area contributed by atoms with Crippen molar-refractivity contribution in [2.45, 2.75) is 38.8 Å². The van der Waals surface area contributed by atoms with Crippen molar-refractivity contribution in [3.63, 3.8) is 0 Å². The first-order chi connectivity index (χ1) is 18.8. The summed E-state index contributed by atoms with van der Waals surface area (Å²) in [5.41, 5.74) is 7.48. The second kappa shape index (κ2) is 12.1. The van der Waals surface area contributed by atoms with Crippen LogP contribution in [0.2, 0.25) is 0 Å². The average molecular weight is 529 g/mol. The first kappa shape index (κ1) is 27.2. The van der Waals surface area contributed by atoms with Crippen LogP contribution in [0, 0.1) is 0 Å². The molecule has 0 aliphatic carbocycles. The SMILES string of the molecule is C=C/C(=C\C=C(/C)C(=O)N[C@@H]1CCCN(c2cnc(C(N)=O)c(Nc3cnn(C)c3)n2)[C@@H]1C)c1ncccn1. The molecule has 1 aliphatic rings. The summed E-state index contributed by atoms with van der Waals surface area (Å²) in [7, 11) is 1.79. The van der Waals surface area contributed by atoms with E-state index in [9.17, 15) is 9.59 Å². The van der Waals surface area contributed by atoms with Gasteiger partial charge in [-0.3, -0.25) is 14.3 Å². The molecule has 1 saturated heterocycles. The molecule has 0 unspecified atom stereocenters. The fourth-order valence-electron chi connectivity index (χ4n) is 4.32. The van der Waals surface area contributed by atoms with E-state index in [-0.39, 0.29) is 29.5 Å². The van der Waals surface area contributed by atoms with E-state index >= 15 is 0 Å². The zero-order valence-corrected chi connectivity index (χ0v) is 22.2. The molecule has 4 N–H and O–H groups in total. The first-order valence-corrected chi connectivity index (χ1v) is 12.5. The topological polar surface area (TPSA) is 157 Å². The lowest BCUT2D eigenvalue weighted by molar-refractivity contribution is -0.118. The van der Waals surface area contributed by atoms with Crippen LogP contribution >= 0.6 is 0 Å². The predicted molar refractivity (Wildman–Crippen MR) is 149 cm³/mol. The van der Waals surface area contributed by atoms with Crippen molar-refractivity contribution in [3.05, 3.63) is 78.9 Å². The monoisotopic (exact) mass is 528 g/mol. The quantitative estimate of drug-likeness (QED) is 0.280. The van der Waals surface area contributed by atoms with Gasteiger partial charge in [0.1, 0.15) is 5.82 Å².